The molecule has 0 aliphatic carbocycles. The molecule has 0 spiro atoms. The first-order valence-electron chi connectivity index (χ1n) is 6.10. The molecule has 3 N–H and O–H groups in total. The number of rotatable bonds is 3. The lowest BCUT2D eigenvalue weighted by Crippen LogP contribution is -2.34. The fourth-order valence-electron chi connectivity index (χ4n) is 2.05. The standard InChI is InChI=1S/C12H17N3O3S/c13-9-10-3-1-2-4-11(10)19(17,18)15-7-5-12(16)14-6-8-15/h1-4H,5-9,13H2,(H,14,16). The maximum absolute atomic E-state index is 12.6. The second kappa shape index (κ2) is 5.68. The molecule has 1 aromatic rings. The lowest BCUT2D eigenvalue weighted by atomic mass is 10.2. The molecule has 1 aromatic carbocycles. The predicted octanol–water partition coefficient (Wildman–Crippen LogP) is -0.344. The smallest absolute Gasteiger partial charge is 0.243 e. The van der Waals surface area contributed by atoms with Crippen molar-refractivity contribution in [2.24, 2.45) is 5.73 Å². The zero-order chi connectivity index (χ0) is 13.9. The summed E-state index contributed by atoms with van der Waals surface area (Å²) in [5.74, 6) is -0.121. The molecule has 1 heterocycles. The molecule has 1 aliphatic rings. The molecule has 1 aliphatic heterocycles. The van der Waals surface area contributed by atoms with Gasteiger partial charge in [0, 0.05) is 32.6 Å². The van der Waals surface area contributed by atoms with Gasteiger partial charge in [0.1, 0.15) is 0 Å². The van der Waals surface area contributed by atoms with Crippen molar-refractivity contribution in [2.45, 2.75) is 17.9 Å². The number of carbonyl (C=O) groups excluding carboxylic acids is 1. The highest BCUT2D eigenvalue weighted by Crippen LogP contribution is 2.20. The third kappa shape index (κ3) is 2.94. The van der Waals surface area contributed by atoms with Crippen molar-refractivity contribution in [3.05, 3.63) is 29.8 Å². The van der Waals surface area contributed by atoms with Gasteiger partial charge >= 0.3 is 0 Å². The topological polar surface area (TPSA) is 92.5 Å². The van der Waals surface area contributed by atoms with E-state index in [-0.39, 0.29) is 36.9 Å². The summed E-state index contributed by atoms with van der Waals surface area (Å²) in [6, 6.07) is 6.69. The van der Waals surface area contributed by atoms with Gasteiger partial charge in [0.05, 0.1) is 4.90 Å². The van der Waals surface area contributed by atoms with Gasteiger partial charge in [-0.1, -0.05) is 18.2 Å². The van der Waals surface area contributed by atoms with Gasteiger partial charge in [-0.3, -0.25) is 4.79 Å². The Hall–Kier alpha value is -1.44. The molecule has 104 valence electrons. The fourth-order valence-corrected chi connectivity index (χ4v) is 3.72. The van der Waals surface area contributed by atoms with Gasteiger partial charge in [-0.15, -0.1) is 0 Å². The molecule has 19 heavy (non-hydrogen) atoms. The minimum absolute atomic E-state index is 0.121. The third-order valence-electron chi connectivity index (χ3n) is 3.08. The van der Waals surface area contributed by atoms with E-state index in [1.807, 2.05) is 0 Å². The Morgan fingerprint density at radius 1 is 1.26 bits per heavy atom. The summed E-state index contributed by atoms with van der Waals surface area (Å²) in [7, 11) is -3.59. The van der Waals surface area contributed by atoms with Crippen LogP contribution in [0.5, 0.6) is 0 Å². The minimum atomic E-state index is -3.59. The van der Waals surface area contributed by atoms with Crippen molar-refractivity contribution >= 4 is 15.9 Å². The van der Waals surface area contributed by atoms with Gasteiger partial charge in [0.15, 0.2) is 0 Å². The number of nitrogens with zero attached hydrogens (tertiary/aromatic N) is 1. The van der Waals surface area contributed by atoms with Gasteiger partial charge in [-0.05, 0) is 11.6 Å². The van der Waals surface area contributed by atoms with E-state index in [4.69, 9.17) is 5.73 Å². The molecule has 2 rings (SSSR count). The molecular formula is C12H17N3O3S. The second-order valence-electron chi connectivity index (χ2n) is 4.32. The number of sulfonamides is 1. The number of hydrogen-bond donors (Lipinski definition) is 2. The maximum Gasteiger partial charge on any atom is 0.243 e. The monoisotopic (exact) mass is 283 g/mol. The van der Waals surface area contributed by atoms with Crippen LogP contribution in [0.2, 0.25) is 0 Å². The summed E-state index contributed by atoms with van der Waals surface area (Å²) in [6.07, 6.45) is 0.185. The maximum atomic E-state index is 12.6. The highest BCUT2D eigenvalue weighted by Gasteiger charge is 2.28. The van der Waals surface area contributed by atoms with Gasteiger partial charge < -0.3 is 11.1 Å². The number of nitrogens with two attached hydrogens (primary N) is 1. The Bertz CT molecular complexity index is 571. The number of carbonyl (C=O) groups is 1. The lowest BCUT2D eigenvalue weighted by molar-refractivity contribution is -0.120. The molecular weight excluding hydrogens is 266 g/mol. The molecule has 0 bridgehead atoms. The lowest BCUT2D eigenvalue weighted by Gasteiger charge is -2.20. The molecule has 0 aromatic heterocycles. The first kappa shape index (κ1) is 14.0. The largest absolute Gasteiger partial charge is 0.355 e. The molecule has 7 heteroatoms. The highest BCUT2D eigenvalue weighted by atomic mass is 32.2. The van der Waals surface area contributed by atoms with Crippen LogP contribution >= 0.6 is 0 Å². The van der Waals surface area contributed by atoms with Crippen molar-refractivity contribution in [1.82, 2.24) is 9.62 Å². The second-order valence-corrected chi connectivity index (χ2v) is 6.22. The van der Waals surface area contributed by atoms with E-state index in [1.165, 1.54) is 4.31 Å². The molecule has 1 saturated heterocycles. The van der Waals surface area contributed by atoms with Crippen LogP contribution < -0.4 is 11.1 Å². The number of nitrogens with one attached hydrogen (secondary N) is 1. The van der Waals surface area contributed by atoms with Crippen LogP contribution in [-0.4, -0.2) is 38.3 Å². The molecule has 6 nitrogen and oxygen atoms in total. The van der Waals surface area contributed by atoms with Gasteiger partial charge in [-0.25, -0.2) is 8.42 Å². The molecule has 0 unspecified atom stereocenters. The summed E-state index contributed by atoms with van der Waals surface area (Å²) in [5, 5.41) is 2.66. The number of amides is 1. The van der Waals surface area contributed by atoms with Crippen molar-refractivity contribution in [3.63, 3.8) is 0 Å². The average molecular weight is 283 g/mol. The average Bonchev–Trinajstić information content (AvgIpc) is 2.64. The van der Waals surface area contributed by atoms with Crippen LogP contribution in [0.15, 0.2) is 29.2 Å². The van der Waals surface area contributed by atoms with Crippen LogP contribution in [-0.2, 0) is 21.4 Å². The van der Waals surface area contributed by atoms with Crippen molar-refractivity contribution in [2.75, 3.05) is 19.6 Å². The van der Waals surface area contributed by atoms with E-state index in [0.717, 1.165) is 0 Å². The van der Waals surface area contributed by atoms with Crippen LogP contribution in [0.4, 0.5) is 0 Å². The fraction of sp³-hybridized carbons (Fsp3) is 0.417. The van der Waals surface area contributed by atoms with Gasteiger partial charge in [-0.2, -0.15) is 4.31 Å². The van der Waals surface area contributed by atoms with Crippen LogP contribution in [0, 0.1) is 0 Å². The summed E-state index contributed by atoms with van der Waals surface area (Å²) < 4.78 is 26.4. The zero-order valence-electron chi connectivity index (χ0n) is 10.5. The van der Waals surface area contributed by atoms with E-state index in [1.54, 1.807) is 24.3 Å². The Morgan fingerprint density at radius 2 is 2.00 bits per heavy atom. The van der Waals surface area contributed by atoms with Crippen molar-refractivity contribution in [1.29, 1.82) is 0 Å². The first-order chi connectivity index (χ1) is 9.05. The highest BCUT2D eigenvalue weighted by molar-refractivity contribution is 7.89. The third-order valence-corrected chi connectivity index (χ3v) is 5.08. The summed E-state index contributed by atoms with van der Waals surface area (Å²) in [4.78, 5) is 11.5. The minimum Gasteiger partial charge on any atom is -0.355 e. The molecule has 1 fully saturated rings. The number of benzene rings is 1. The van der Waals surface area contributed by atoms with E-state index < -0.39 is 10.0 Å². The molecule has 0 radical (unpaired) electrons. The normalized spacial score (nSPS) is 17.8. The van der Waals surface area contributed by atoms with E-state index >= 15 is 0 Å². The Kier molecular flexibility index (Phi) is 4.18. The van der Waals surface area contributed by atoms with Crippen molar-refractivity contribution < 1.29 is 13.2 Å². The molecule has 1 amide bonds. The summed E-state index contributed by atoms with van der Waals surface area (Å²) in [5.41, 5.74) is 6.17. The molecule has 0 atom stereocenters. The summed E-state index contributed by atoms with van der Waals surface area (Å²) in [6.45, 7) is 0.989. The van der Waals surface area contributed by atoms with E-state index in [0.29, 0.717) is 12.1 Å². The van der Waals surface area contributed by atoms with Crippen molar-refractivity contribution in [3.8, 4) is 0 Å². The van der Waals surface area contributed by atoms with Crippen LogP contribution in [0.25, 0.3) is 0 Å². The zero-order valence-corrected chi connectivity index (χ0v) is 11.3. The van der Waals surface area contributed by atoms with Crippen LogP contribution in [0.3, 0.4) is 0 Å². The Morgan fingerprint density at radius 3 is 2.74 bits per heavy atom. The van der Waals surface area contributed by atoms with E-state index in [2.05, 4.69) is 5.32 Å². The SMILES string of the molecule is NCc1ccccc1S(=O)(=O)N1CCNC(=O)CC1. The van der Waals surface area contributed by atoms with Gasteiger partial charge in [0.2, 0.25) is 15.9 Å². The summed E-state index contributed by atoms with van der Waals surface area (Å²) >= 11 is 0. The van der Waals surface area contributed by atoms with E-state index in [9.17, 15) is 13.2 Å². The quantitative estimate of drug-likeness (QED) is 0.793. The Balaban J connectivity index is 2.33. The number of hydrogen-bond acceptors (Lipinski definition) is 4. The molecule has 0 saturated carbocycles. The predicted molar refractivity (Wildman–Crippen MR) is 70.7 cm³/mol. The Labute approximate surface area is 112 Å². The van der Waals surface area contributed by atoms with Crippen LogP contribution in [0.1, 0.15) is 12.0 Å². The first-order valence-corrected chi connectivity index (χ1v) is 7.54. The van der Waals surface area contributed by atoms with Gasteiger partial charge in [0.25, 0.3) is 0 Å².